The maximum Gasteiger partial charge on any atom is 0.273 e. The van der Waals surface area contributed by atoms with Crippen molar-refractivity contribution in [1.82, 2.24) is 9.88 Å². The molecule has 4 heteroatoms. The van der Waals surface area contributed by atoms with Crippen LogP contribution in [0.25, 0.3) is 10.8 Å². The summed E-state index contributed by atoms with van der Waals surface area (Å²) in [6, 6.07) is 9.86. The van der Waals surface area contributed by atoms with Crippen LogP contribution in [-0.2, 0) is 0 Å². The average Bonchev–Trinajstić information content (AvgIpc) is 2.55. The van der Waals surface area contributed by atoms with Crippen molar-refractivity contribution in [2.75, 3.05) is 19.6 Å². The van der Waals surface area contributed by atoms with Crippen LogP contribution < -0.4 is 5.73 Å². The van der Waals surface area contributed by atoms with Crippen molar-refractivity contribution < 1.29 is 4.79 Å². The van der Waals surface area contributed by atoms with E-state index < -0.39 is 0 Å². The number of rotatable bonds is 3. The molecule has 0 spiro atoms. The van der Waals surface area contributed by atoms with Crippen LogP contribution in [0.3, 0.4) is 0 Å². The Morgan fingerprint density at radius 3 is 2.76 bits per heavy atom. The van der Waals surface area contributed by atoms with E-state index in [1.807, 2.05) is 35.2 Å². The van der Waals surface area contributed by atoms with Crippen LogP contribution in [0.2, 0.25) is 0 Å². The van der Waals surface area contributed by atoms with Gasteiger partial charge in [0.2, 0.25) is 0 Å². The molecule has 1 fully saturated rings. The number of benzene rings is 1. The molecule has 1 aromatic heterocycles. The zero-order valence-corrected chi connectivity index (χ0v) is 12.2. The predicted octanol–water partition coefficient (Wildman–Crippen LogP) is 2.44. The SMILES string of the molecule is NCCC1CCN(C(=O)c2nccc3ccccc23)CC1. The van der Waals surface area contributed by atoms with Gasteiger partial charge in [-0.05, 0) is 43.2 Å². The largest absolute Gasteiger partial charge is 0.337 e. The number of hydrogen-bond acceptors (Lipinski definition) is 3. The second-order valence-corrected chi connectivity index (χ2v) is 5.69. The fraction of sp³-hybridized carbons (Fsp3) is 0.412. The smallest absolute Gasteiger partial charge is 0.273 e. The molecule has 0 aliphatic carbocycles. The third-order valence-corrected chi connectivity index (χ3v) is 4.35. The number of aromatic nitrogens is 1. The van der Waals surface area contributed by atoms with Gasteiger partial charge in [-0.3, -0.25) is 9.78 Å². The second kappa shape index (κ2) is 6.22. The summed E-state index contributed by atoms with van der Waals surface area (Å²) in [5.74, 6) is 0.720. The topological polar surface area (TPSA) is 59.2 Å². The number of carbonyl (C=O) groups is 1. The molecular formula is C17H21N3O. The van der Waals surface area contributed by atoms with Gasteiger partial charge < -0.3 is 10.6 Å². The molecule has 2 aromatic rings. The highest BCUT2D eigenvalue weighted by atomic mass is 16.2. The van der Waals surface area contributed by atoms with Crippen molar-refractivity contribution in [1.29, 1.82) is 0 Å². The number of hydrogen-bond donors (Lipinski definition) is 1. The van der Waals surface area contributed by atoms with Crippen LogP contribution in [0, 0.1) is 5.92 Å². The Labute approximate surface area is 125 Å². The van der Waals surface area contributed by atoms with Gasteiger partial charge in [-0.25, -0.2) is 0 Å². The molecule has 110 valence electrons. The molecular weight excluding hydrogens is 262 g/mol. The summed E-state index contributed by atoms with van der Waals surface area (Å²) in [4.78, 5) is 19.0. The van der Waals surface area contributed by atoms with Crippen LogP contribution in [0.4, 0.5) is 0 Å². The third kappa shape index (κ3) is 2.90. The van der Waals surface area contributed by atoms with Crippen molar-refractivity contribution in [2.24, 2.45) is 11.7 Å². The van der Waals surface area contributed by atoms with E-state index in [1.54, 1.807) is 6.20 Å². The number of pyridine rings is 1. The molecule has 1 amide bonds. The van der Waals surface area contributed by atoms with Crippen LogP contribution in [-0.4, -0.2) is 35.4 Å². The van der Waals surface area contributed by atoms with E-state index >= 15 is 0 Å². The maximum atomic E-state index is 12.7. The minimum Gasteiger partial charge on any atom is -0.337 e. The molecule has 0 saturated carbocycles. The monoisotopic (exact) mass is 283 g/mol. The molecule has 4 nitrogen and oxygen atoms in total. The van der Waals surface area contributed by atoms with E-state index in [4.69, 9.17) is 5.73 Å². The molecule has 0 unspecified atom stereocenters. The quantitative estimate of drug-likeness (QED) is 0.941. The summed E-state index contributed by atoms with van der Waals surface area (Å²) in [6.45, 7) is 2.37. The Morgan fingerprint density at radius 2 is 2.00 bits per heavy atom. The van der Waals surface area contributed by atoms with Crippen molar-refractivity contribution in [3.63, 3.8) is 0 Å². The Balaban J connectivity index is 1.79. The first-order chi connectivity index (χ1) is 10.3. The lowest BCUT2D eigenvalue weighted by molar-refractivity contribution is 0.0684. The number of piperidine rings is 1. The second-order valence-electron chi connectivity index (χ2n) is 5.69. The van der Waals surface area contributed by atoms with E-state index in [0.29, 0.717) is 11.6 Å². The number of amides is 1. The van der Waals surface area contributed by atoms with Gasteiger partial charge in [0, 0.05) is 24.7 Å². The van der Waals surface area contributed by atoms with Gasteiger partial charge in [0.15, 0.2) is 0 Å². The van der Waals surface area contributed by atoms with Crippen LogP contribution in [0.1, 0.15) is 29.8 Å². The minimum absolute atomic E-state index is 0.0537. The summed E-state index contributed by atoms with van der Waals surface area (Å²) < 4.78 is 0. The zero-order chi connectivity index (χ0) is 14.7. The fourth-order valence-corrected chi connectivity index (χ4v) is 3.10. The lowest BCUT2D eigenvalue weighted by Gasteiger charge is -2.31. The average molecular weight is 283 g/mol. The first-order valence-electron chi connectivity index (χ1n) is 7.62. The molecule has 1 aromatic carbocycles. The highest BCUT2D eigenvalue weighted by Crippen LogP contribution is 2.23. The van der Waals surface area contributed by atoms with Gasteiger partial charge in [0.05, 0.1) is 0 Å². The van der Waals surface area contributed by atoms with Gasteiger partial charge >= 0.3 is 0 Å². The van der Waals surface area contributed by atoms with Gasteiger partial charge in [0.25, 0.3) is 5.91 Å². The first kappa shape index (κ1) is 14.0. The van der Waals surface area contributed by atoms with Crippen LogP contribution in [0.5, 0.6) is 0 Å². The van der Waals surface area contributed by atoms with E-state index in [0.717, 1.165) is 49.7 Å². The Kier molecular flexibility index (Phi) is 4.15. The summed E-state index contributed by atoms with van der Waals surface area (Å²) in [5, 5.41) is 2.00. The number of nitrogens with zero attached hydrogens (tertiary/aromatic N) is 2. The highest BCUT2D eigenvalue weighted by molar-refractivity contribution is 6.05. The summed E-state index contributed by atoms with van der Waals surface area (Å²) in [6.07, 6.45) is 4.88. The van der Waals surface area contributed by atoms with Crippen molar-refractivity contribution in [3.05, 3.63) is 42.2 Å². The molecule has 0 radical (unpaired) electrons. The zero-order valence-electron chi connectivity index (χ0n) is 12.2. The van der Waals surface area contributed by atoms with Gasteiger partial charge in [-0.2, -0.15) is 0 Å². The standard InChI is InChI=1S/C17H21N3O/c18-9-5-13-7-11-20(12-8-13)17(21)16-15-4-2-1-3-14(15)6-10-19-16/h1-4,6,10,13H,5,7-9,11-12,18H2. The van der Waals surface area contributed by atoms with Crippen molar-refractivity contribution in [2.45, 2.75) is 19.3 Å². The normalized spacial score (nSPS) is 16.3. The van der Waals surface area contributed by atoms with Crippen molar-refractivity contribution >= 4 is 16.7 Å². The fourth-order valence-electron chi connectivity index (χ4n) is 3.10. The minimum atomic E-state index is 0.0537. The van der Waals surface area contributed by atoms with Crippen LogP contribution >= 0.6 is 0 Å². The number of carbonyl (C=O) groups excluding carboxylic acids is 1. The Hall–Kier alpha value is -1.94. The van der Waals surface area contributed by atoms with Gasteiger partial charge in [-0.15, -0.1) is 0 Å². The molecule has 0 atom stereocenters. The number of nitrogens with two attached hydrogens (primary N) is 1. The number of likely N-dealkylation sites (tertiary alicyclic amines) is 1. The molecule has 1 aliphatic rings. The van der Waals surface area contributed by atoms with E-state index in [9.17, 15) is 4.79 Å². The highest BCUT2D eigenvalue weighted by Gasteiger charge is 2.24. The summed E-state index contributed by atoms with van der Waals surface area (Å²) in [7, 11) is 0. The molecule has 1 saturated heterocycles. The summed E-state index contributed by atoms with van der Waals surface area (Å²) >= 11 is 0. The lowest BCUT2D eigenvalue weighted by Crippen LogP contribution is -2.39. The van der Waals surface area contributed by atoms with Gasteiger partial charge in [0.1, 0.15) is 5.69 Å². The molecule has 2 N–H and O–H groups in total. The first-order valence-corrected chi connectivity index (χ1v) is 7.62. The molecule has 1 aliphatic heterocycles. The number of fused-ring (bicyclic) bond motifs is 1. The molecule has 2 heterocycles. The van der Waals surface area contributed by atoms with Crippen LogP contribution in [0.15, 0.2) is 36.5 Å². The maximum absolute atomic E-state index is 12.7. The van der Waals surface area contributed by atoms with E-state index in [-0.39, 0.29) is 5.91 Å². The Bertz CT molecular complexity index is 627. The molecule has 0 bridgehead atoms. The lowest BCUT2D eigenvalue weighted by atomic mass is 9.93. The molecule has 21 heavy (non-hydrogen) atoms. The summed E-state index contributed by atoms with van der Waals surface area (Å²) in [5.41, 5.74) is 6.19. The Morgan fingerprint density at radius 1 is 1.24 bits per heavy atom. The van der Waals surface area contributed by atoms with Gasteiger partial charge in [-0.1, -0.05) is 24.3 Å². The third-order valence-electron chi connectivity index (χ3n) is 4.35. The van der Waals surface area contributed by atoms with E-state index in [2.05, 4.69) is 4.98 Å². The van der Waals surface area contributed by atoms with E-state index in [1.165, 1.54) is 0 Å². The predicted molar refractivity (Wildman–Crippen MR) is 84.0 cm³/mol. The molecule has 3 rings (SSSR count). The van der Waals surface area contributed by atoms with Crippen molar-refractivity contribution in [3.8, 4) is 0 Å².